The molecule has 2 aliphatic carbocycles. The molecule has 0 bridgehead atoms. The lowest BCUT2D eigenvalue weighted by Gasteiger charge is -2.41. The van der Waals surface area contributed by atoms with Gasteiger partial charge in [0.15, 0.2) is 0 Å². The third-order valence-corrected chi connectivity index (χ3v) is 4.33. The number of hydrogen-bond donors (Lipinski definition) is 1. The van der Waals surface area contributed by atoms with Gasteiger partial charge in [0.25, 0.3) is 0 Å². The Morgan fingerprint density at radius 1 is 0.769 bits per heavy atom. The van der Waals surface area contributed by atoms with Crippen molar-refractivity contribution in [1.29, 1.82) is 0 Å². The summed E-state index contributed by atoms with van der Waals surface area (Å²) < 4.78 is 0. The summed E-state index contributed by atoms with van der Waals surface area (Å²) in [5, 5.41) is 0. The van der Waals surface area contributed by atoms with E-state index in [1.807, 2.05) is 0 Å². The van der Waals surface area contributed by atoms with Crippen molar-refractivity contribution in [2.75, 3.05) is 0 Å². The van der Waals surface area contributed by atoms with Gasteiger partial charge < -0.3 is 5.73 Å². The Labute approximate surface area is 82.1 Å². The average Bonchev–Trinajstić information content (AvgIpc) is 2.33. The SMILES string of the molecule is NC1CCCCCC12CCCCC2. The Morgan fingerprint density at radius 3 is 1.92 bits per heavy atom. The fourth-order valence-electron chi connectivity index (χ4n) is 3.39. The summed E-state index contributed by atoms with van der Waals surface area (Å²) in [6, 6.07) is 0.523. The first-order valence-corrected chi connectivity index (χ1v) is 6.09. The van der Waals surface area contributed by atoms with Crippen LogP contribution in [0.1, 0.15) is 64.2 Å². The van der Waals surface area contributed by atoms with E-state index in [-0.39, 0.29) is 0 Å². The van der Waals surface area contributed by atoms with Crippen LogP contribution >= 0.6 is 0 Å². The van der Waals surface area contributed by atoms with Crippen LogP contribution in [0, 0.1) is 5.41 Å². The molecular weight excluding hydrogens is 158 g/mol. The van der Waals surface area contributed by atoms with Crippen LogP contribution in [0.2, 0.25) is 0 Å². The molecular formula is C12H23N. The van der Waals surface area contributed by atoms with Gasteiger partial charge >= 0.3 is 0 Å². The second-order valence-electron chi connectivity index (χ2n) is 5.13. The van der Waals surface area contributed by atoms with Crippen molar-refractivity contribution >= 4 is 0 Å². The molecule has 0 amide bonds. The molecule has 1 spiro atoms. The summed E-state index contributed by atoms with van der Waals surface area (Å²) in [7, 11) is 0. The van der Waals surface area contributed by atoms with E-state index < -0.39 is 0 Å². The fourth-order valence-corrected chi connectivity index (χ4v) is 3.39. The van der Waals surface area contributed by atoms with E-state index >= 15 is 0 Å². The zero-order valence-corrected chi connectivity index (χ0v) is 8.73. The number of hydrogen-bond acceptors (Lipinski definition) is 1. The minimum atomic E-state index is 0.523. The Bertz CT molecular complexity index is 159. The summed E-state index contributed by atoms with van der Waals surface area (Å²) >= 11 is 0. The van der Waals surface area contributed by atoms with Crippen molar-refractivity contribution in [3.05, 3.63) is 0 Å². The average molecular weight is 181 g/mol. The first-order valence-electron chi connectivity index (χ1n) is 6.09. The van der Waals surface area contributed by atoms with E-state index in [1.165, 1.54) is 64.2 Å². The molecule has 13 heavy (non-hydrogen) atoms. The monoisotopic (exact) mass is 181 g/mol. The van der Waals surface area contributed by atoms with E-state index in [2.05, 4.69) is 0 Å². The van der Waals surface area contributed by atoms with Crippen LogP contribution in [0.3, 0.4) is 0 Å². The van der Waals surface area contributed by atoms with Gasteiger partial charge in [0, 0.05) is 6.04 Å². The Morgan fingerprint density at radius 2 is 1.31 bits per heavy atom. The molecule has 2 fully saturated rings. The van der Waals surface area contributed by atoms with Gasteiger partial charge in [0.2, 0.25) is 0 Å². The molecule has 0 aromatic carbocycles. The van der Waals surface area contributed by atoms with E-state index in [9.17, 15) is 0 Å². The molecule has 0 aromatic heterocycles. The Hall–Kier alpha value is -0.0400. The first-order chi connectivity index (χ1) is 6.33. The van der Waals surface area contributed by atoms with Gasteiger partial charge in [0.1, 0.15) is 0 Å². The Kier molecular flexibility index (Phi) is 2.92. The van der Waals surface area contributed by atoms with E-state index in [0.29, 0.717) is 11.5 Å². The molecule has 2 N–H and O–H groups in total. The zero-order valence-electron chi connectivity index (χ0n) is 8.73. The van der Waals surface area contributed by atoms with E-state index in [1.54, 1.807) is 0 Å². The van der Waals surface area contributed by atoms with Crippen molar-refractivity contribution in [3.8, 4) is 0 Å². The van der Waals surface area contributed by atoms with Crippen LogP contribution in [0.4, 0.5) is 0 Å². The standard InChI is InChI=1S/C12H23N/c13-11-7-3-1-4-8-12(11)9-5-2-6-10-12/h11H,1-10,13H2. The van der Waals surface area contributed by atoms with Crippen LogP contribution in [-0.4, -0.2) is 6.04 Å². The molecule has 1 atom stereocenters. The lowest BCUT2D eigenvalue weighted by molar-refractivity contribution is 0.133. The predicted octanol–water partition coefficient (Wildman–Crippen LogP) is 3.23. The topological polar surface area (TPSA) is 26.0 Å². The molecule has 1 heteroatoms. The minimum absolute atomic E-state index is 0.523. The van der Waals surface area contributed by atoms with Gasteiger partial charge in [-0.1, -0.05) is 38.5 Å². The molecule has 0 aliphatic heterocycles. The maximum atomic E-state index is 6.34. The van der Waals surface area contributed by atoms with Crippen LogP contribution in [0.5, 0.6) is 0 Å². The molecule has 0 saturated heterocycles. The quantitative estimate of drug-likeness (QED) is 0.610. The van der Waals surface area contributed by atoms with Crippen molar-refractivity contribution in [2.24, 2.45) is 11.1 Å². The summed E-state index contributed by atoms with van der Waals surface area (Å²) in [6.45, 7) is 0. The third kappa shape index (κ3) is 1.90. The molecule has 0 heterocycles. The van der Waals surface area contributed by atoms with Gasteiger partial charge in [-0.05, 0) is 31.1 Å². The van der Waals surface area contributed by atoms with Gasteiger partial charge in [-0.15, -0.1) is 0 Å². The maximum absolute atomic E-state index is 6.34. The maximum Gasteiger partial charge on any atom is 0.00955 e. The second kappa shape index (κ2) is 4.00. The van der Waals surface area contributed by atoms with Gasteiger partial charge in [-0.3, -0.25) is 0 Å². The summed E-state index contributed by atoms with van der Waals surface area (Å²) in [5.41, 5.74) is 6.92. The molecule has 76 valence electrons. The Balaban J connectivity index is 2.06. The molecule has 1 nitrogen and oxygen atoms in total. The highest BCUT2D eigenvalue weighted by Crippen LogP contribution is 2.45. The normalized spacial score (nSPS) is 34.4. The minimum Gasteiger partial charge on any atom is -0.327 e. The predicted molar refractivity (Wildman–Crippen MR) is 56.6 cm³/mol. The molecule has 2 saturated carbocycles. The fraction of sp³-hybridized carbons (Fsp3) is 1.00. The highest BCUT2D eigenvalue weighted by atomic mass is 14.7. The van der Waals surface area contributed by atoms with Crippen LogP contribution in [0.25, 0.3) is 0 Å². The van der Waals surface area contributed by atoms with Crippen LogP contribution < -0.4 is 5.73 Å². The van der Waals surface area contributed by atoms with Crippen LogP contribution in [-0.2, 0) is 0 Å². The summed E-state index contributed by atoms with van der Waals surface area (Å²) in [6.07, 6.45) is 14.1. The number of rotatable bonds is 0. The summed E-state index contributed by atoms with van der Waals surface area (Å²) in [4.78, 5) is 0. The van der Waals surface area contributed by atoms with Crippen molar-refractivity contribution in [2.45, 2.75) is 70.3 Å². The summed E-state index contributed by atoms with van der Waals surface area (Å²) in [5.74, 6) is 0. The van der Waals surface area contributed by atoms with Crippen molar-refractivity contribution in [1.82, 2.24) is 0 Å². The van der Waals surface area contributed by atoms with E-state index in [4.69, 9.17) is 5.73 Å². The van der Waals surface area contributed by atoms with Gasteiger partial charge in [-0.2, -0.15) is 0 Å². The number of nitrogens with two attached hydrogens (primary N) is 1. The van der Waals surface area contributed by atoms with Gasteiger partial charge in [0.05, 0.1) is 0 Å². The third-order valence-electron chi connectivity index (χ3n) is 4.33. The zero-order chi connectivity index (χ0) is 9.15. The molecule has 1 unspecified atom stereocenters. The molecule has 0 aromatic rings. The van der Waals surface area contributed by atoms with E-state index in [0.717, 1.165) is 0 Å². The lowest BCUT2D eigenvalue weighted by Crippen LogP contribution is -2.42. The van der Waals surface area contributed by atoms with Gasteiger partial charge in [-0.25, -0.2) is 0 Å². The first kappa shape index (κ1) is 9.51. The lowest BCUT2D eigenvalue weighted by atomic mass is 9.67. The molecule has 2 rings (SSSR count). The highest BCUT2D eigenvalue weighted by molar-refractivity contribution is 4.92. The van der Waals surface area contributed by atoms with Crippen LogP contribution in [0.15, 0.2) is 0 Å². The van der Waals surface area contributed by atoms with Crippen molar-refractivity contribution < 1.29 is 0 Å². The molecule has 2 aliphatic rings. The van der Waals surface area contributed by atoms with Crippen molar-refractivity contribution in [3.63, 3.8) is 0 Å². The largest absolute Gasteiger partial charge is 0.327 e. The second-order valence-corrected chi connectivity index (χ2v) is 5.13. The molecule has 0 radical (unpaired) electrons. The smallest absolute Gasteiger partial charge is 0.00955 e. The highest BCUT2D eigenvalue weighted by Gasteiger charge is 2.37.